The standard InChI is InChI=1S/C7H9N3O/c1-5-4-9-3-2-6(5)7(8)10-11/h2-4,11H,1H3,(H2,8,10). The second kappa shape index (κ2) is 3.01. The van der Waals surface area contributed by atoms with Crippen LogP contribution in [0.5, 0.6) is 0 Å². The molecule has 0 bridgehead atoms. The van der Waals surface area contributed by atoms with Crippen LogP contribution in [0, 0.1) is 6.92 Å². The molecule has 58 valence electrons. The zero-order valence-electron chi connectivity index (χ0n) is 6.15. The highest BCUT2D eigenvalue weighted by Crippen LogP contribution is 2.03. The summed E-state index contributed by atoms with van der Waals surface area (Å²) >= 11 is 0. The lowest BCUT2D eigenvalue weighted by molar-refractivity contribution is 0.318. The molecule has 4 heteroatoms. The van der Waals surface area contributed by atoms with Crippen LogP contribution < -0.4 is 5.73 Å². The van der Waals surface area contributed by atoms with E-state index in [1.165, 1.54) is 0 Å². The number of hydrogen-bond donors (Lipinski definition) is 2. The van der Waals surface area contributed by atoms with E-state index >= 15 is 0 Å². The summed E-state index contributed by atoms with van der Waals surface area (Å²) < 4.78 is 0. The smallest absolute Gasteiger partial charge is 0.170 e. The minimum absolute atomic E-state index is 0.116. The predicted molar refractivity (Wildman–Crippen MR) is 41.5 cm³/mol. The van der Waals surface area contributed by atoms with Crippen molar-refractivity contribution in [2.45, 2.75) is 6.92 Å². The van der Waals surface area contributed by atoms with Crippen molar-refractivity contribution in [3.63, 3.8) is 0 Å². The van der Waals surface area contributed by atoms with Crippen molar-refractivity contribution in [1.29, 1.82) is 0 Å². The number of aryl methyl sites for hydroxylation is 1. The van der Waals surface area contributed by atoms with E-state index in [2.05, 4.69) is 10.1 Å². The molecule has 1 aromatic rings. The molecule has 0 aliphatic carbocycles. The Labute approximate surface area is 64.4 Å². The van der Waals surface area contributed by atoms with Crippen LogP contribution in [0.15, 0.2) is 23.6 Å². The molecule has 0 saturated carbocycles. The Morgan fingerprint density at radius 3 is 3.00 bits per heavy atom. The lowest BCUT2D eigenvalue weighted by Crippen LogP contribution is -2.14. The molecule has 0 radical (unpaired) electrons. The predicted octanol–water partition coefficient (Wildman–Crippen LogP) is 0.485. The molecule has 0 saturated heterocycles. The molecule has 4 nitrogen and oxygen atoms in total. The summed E-state index contributed by atoms with van der Waals surface area (Å²) in [5, 5.41) is 11.2. The molecule has 0 aliphatic heterocycles. The Kier molecular flexibility index (Phi) is 2.06. The van der Waals surface area contributed by atoms with Crippen LogP contribution in [-0.4, -0.2) is 16.0 Å². The van der Waals surface area contributed by atoms with Crippen LogP contribution >= 0.6 is 0 Å². The first-order chi connectivity index (χ1) is 5.25. The largest absolute Gasteiger partial charge is 0.409 e. The third-order valence-corrected chi connectivity index (χ3v) is 1.40. The summed E-state index contributed by atoms with van der Waals surface area (Å²) in [4.78, 5) is 3.87. The number of aromatic nitrogens is 1. The highest BCUT2D eigenvalue weighted by atomic mass is 16.4. The average molecular weight is 151 g/mol. The Hall–Kier alpha value is -1.58. The molecule has 0 aromatic carbocycles. The summed E-state index contributed by atoms with van der Waals surface area (Å²) in [6.07, 6.45) is 3.26. The molecule has 0 atom stereocenters. The Morgan fingerprint density at radius 2 is 2.45 bits per heavy atom. The quantitative estimate of drug-likeness (QED) is 0.265. The van der Waals surface area contributed by atoms with Gasteiger partial charge in [0.25, 0.3) is 0 Å². The third-order valence-electron chi connectivity index (χ3n) is 1.40. The van der Waals surface area contributed by atoms with Crippen molar-refractivity contribution < 1.29 is 5.21 Å². The van der Waals surface area contributed by atoms with Gasteiger partial charge in [0, 0.05) is 18.0 Å². The number of pyridine rings is 1. The fraction of sp³-hybridized carbons (Fsp3) is 0.143. The third kappa shape index (κ3) is 1.46. The van der Waals surface area contributed by atoms with Gasteiger partial charge in [0.1, 0.15) is 0 Å². The van der Waals surface area contributed by atoms with Gasteiger partial charge in [-0.1, -0.05) is 5.16 Å². The molecule has 1 heterocycles. The van der Waals surface area contributed by atoms with Gasteiger partial charge in [-0.2, -0.15) is 0 Å². The van der Waals surface area contributed by atoms with Gasteiger partial charge in [-0.3, -0.25) is 4.98 Å². The monoisotopic (exact) mass is 151 g/mol. The summed E-state index contributed by atoms with van der Waals surface area (Å²) in [5.41, 5.74) is 6.97. The van der Waals surface area contributed by atoms with Gasteiger partial charge < -0.3 is 10.9 Å². The molecule has 0 aliphatic rings. The van der Waals surface area contributed by atoms with Gasteiger partial charge >= 0.3 is 0 Å². The van der Waals surface area contributed by atoms with Crippen molar-refractivity contribution in [3.05, 3.63) is 29.6 Å². The lowest BCUT2D eigenvalue weighted by Gasteiger charge is -2.00. The Morgan fingerprint density at radius 1 is 1.73 bits per heavy atom. The van der Waals surface area contributed by atoms with Crippen molar-refractivity contribution >= 4 is 5.84 Å². The van der Waals surface area contributed by atoms with Crippen LogP contribution in [0.3, 0.4) is 0 Å². The summed E-state index contributed by atoms with van der Waals surface area (Å²) in [6, 6.07) is 1.70. The number of nitrogens with zero attached hydrogens (tertiary/aromatic N) is 2. The molecule has 0 amide bonds. The first-order valence-corrected chi connectivity index (χ1v) is 3.14. The highest BCUT2D eigenvalue weighted by Gasteiger charge is 2.00. The lowest BCUT2D eigenvalue weighted by atomic mass is 10.1. The van der Waals surface area contributed by atoms with E-state index in [9.17, 15) is 0 Å². The van der Waals surface area contributed by atoms with E-state index in [0.29, 0.717) is 5.56 Å². The fourth-order valence-electron chi connectivity index (χ4n) is 0.815. The van der Waals surface area contributed by atoms with Gasteiger partial charge in [0.15, 0.2) is 5.84 Å². The van der Waals surface area contributed by atoms with Crippen molar-refractivity contribution in [1.82, 2.24) is 4.98 Å². The van der Waals surface area contributed by atoms with E-state index in [1.54, 1.807) is 18.5 Å². The second-order valence-corrected chi connectivity index (χ2v) is 2.18. The minimum Gasteiger partial charge on any atom is -0.409 e. The van der Waals surface area contributed by atoms with Crippen LogP contribution in [-0.2, 0) is 0 Å². The maximum atomic E-state index is 8.36. The molecule has 0 unspecified atom stereocenters. The molecule has 1 rings (SSSR count). The van der Waals surface area contributed by atoms with Gasteiger partial charge in [-0.15, -0.1) is 0 Å². The van der Waals surface area contributed by atoms with Gasteiger partial charge in [-0.05, 0) is 18.6 Å². The SMILES string of the molecule is Cc1cnccc1/C(N)=N/O. The normalized spacial score (nSPS) is 11.5. The van der Waals surface area contributed by atoms with Crippen LogP contribution in [0.2, 0.25) is 0 Å². The maximum Gasteiger partial charge on any atom is 0.170 e. The second-order valence-electron chi connectivity index (χ2n) is 2.18. The zero-order chi connectivity index (χ0) is 8.27. The summed E-state index contributed by atoms with van der Waals surface area (Å²) in [7, 11) is 0. The number of amidine groups is 1. The van der Waals surface area contributed by atoms with E-state index in [-0.39, 0.29) is 5.84 Å². The van der Waals surface area contributed by atoms with Crippen molar-refractivity contribution in [2.75, 3.05) is 0 Å². The van der Waals surface area contributed by atoms with Crippen LogP contribution in [0.25, 0.3) is 0 Å². The maximum absolute atomic E-state index is 8.36. The van der Waals surface area contributed by atoms with Crippen LogP contribution in [0.1, 0.15) is 11.1 Å². The van der Waals surface area contributed by atoms with E-state index in [0.717, 1.165) is 5.56 Å². The minimum atomic E-state index is 0.116. The fourth-order valence-corrected chi connectivity index (χ4v) is 0.815. The van der Waals surface area contributed by atoms with E-state index < -0.39 is 0 Å². The number of nitrogens with two attached hydrogens (primary N) is 1. The molecule has 0 spiro atoms. The van der Waals surface area contributed by atoms with Gasteiger partial charge in [0.05, 0.1) is 0 Å². The molecular weight excluding hydrogens is 142 g/mol. The summed E-state index contributed by atoms with van der Waals surface area (Å²) in [5.74, 6) is 0.116. The molecular formula is C7H9N3O. The molecule has 11 heavy (non-hydrogen) atoms. The van der Waals surface area contributed by atoms with Crippen molar-refractivity contribution in [3.8, 4) is 0 Å². The number of rotatable bonds is 1. The topological polar surface area (TPSA) is 71.5 Å². The highest BCUT2D eigenvalue weighted by molar-refractivity contribution is 5.98. The van der Waals surface area contributed by atoms with E-state index in [1.807, 2.05) is 6.92 Å². The number of hydrogen-bond acceptors (Lipinski definition) is 3. The van der Waals surface area contributed by atoms with Crippen LogP contribution in [0.4, 0.5) is 0 Å². The zero-order valence-corrected chi connectivity index (χ0v) is 6.15. The average Bonchev–Trinajstić information content (AvgIpc) is 2.04. The molecule has 1 aromatic heterocycles. The van der Waals surface area contributed by atoms with E-state index in [4.69, 9.17) is 10.9 Å². The molecule has 3 N–H and O–H groups in total. The van der Waals surface area contributed by atoms with Gasteiger partial charge in [0.2, 0.25) is 0 Å². The first kappa shape index (κ1) is 7.53. The Balaban J connectivity index is 3.14. The van der Waals surface area contributed by atoms with Crippen molar-refractivity contribution in [2.24, 2.45) is 10.9 Å². The first-order valence-electron chi connectivity index (χ1n) is 3.14. The number of oxime groups is 1. The molecule has 0 fully saturated rings. The Bertz CT molecular complexity index is 283. The van der Waals surface area contributed by atoms with Gasteiger partial charge in [-0.25, -0.2) is 0 Å². The summed E-state index contributed by atoms with van der Waals surface area (Å²) in [6.45, 7) is 1.85.